The van der Waals surface area contributed by atoms with Gasteiger partial charge in [0.15, 0.2) is 6.10 Å². The normalized spacial score (nSPS) is 23.3. The molecule has 0 unspecified atom stereocenters. The van der Waals surface area contributed by atoms with Crippen LogP contribution in [0, 0.1) is 11.8 Å². The van der Waals surface area contributed by atoms with E-state index in [9.17, 15) is 14.4 Å². The zero-order valence-corrected chi connectivity index (χ0v) is 17.3. The standard InChI is InChI=1S/C21H29NO4S/c1-13-8-7-10-18(15(13)3)22-20(24)16(4)26-21(25)17-9-5-6-11-19(17)27-12-14(2)23/h5-6,9,11,13,15-16,18H,7-8,10,12H2,1-4H3,(H,22,24)/t13-,15+,16+,18+/m0/s1. The second kappa shape index (κ2) is 9.93. The molecule has 27 heavy (non-hydrogen) atoms. The van der Waals surface area contributed by atoms with Crippen molar-refractivity contribution < 1.29 is 19.1 Å². The first-order chi connectivity index (χ1) is 12.8. The van der Waals surface area contributed by atoms with Crippen molar-refractivity contribution in [3.05, 3.63) is 29.8 Å². The van der Waals surface area contributed by atoms with Crippen molar-refractivity contribution in [2.24, 2.45) is 11.8 Å². The highest BCUT2D eigenvalue weighted by molar-refractivity contribution is 8.00. The van der Waals surface area contributed by atoms with E-state index in [4.69, 9.17) is 4.74 Å². The summed E-state index contributed by atoms with van der Waals surface area (Å²) in [6, 6.07) is 7.10. The number of amides is 1. The molecule has 1 aliphatic rings. The molecule has 5 nitrogen and oxygen atoms in total. The Morgan fingerprint density at radius 1 is 1.22 bits per heavy atom. The van der Waals surface area contributed by atoms with Crippen molar-refractivity contribution in [2.45, 2.75) is 64.0 Å². The quantitative estimate of drug-likeness (QED) is 0.564. The molecule has 1 aliphatic carbocycles. The third-order valence-electron chi connectivity index (χ3n) is 5.23. The molecule has 148 valence electrons. The summed E-state index contributed by atoms with van der Waals surface area (Å²) in [5.74, 6) is 0.503. The number of Topliss-reactive ketones (excluding diaryl/α,β-unsaturated/α-hetero) is 1. The minimum atomic E-state index is -0.868. The van der Waals surface area contributed by atoms with Gasteiger partial charge in [0.1, 0.15) is 5.78 Å². The van der Waals surface area contributed by atoms with Crippen LogP contribution < -0.4 is 5.32 Å². The van der Waals surface area contributed by atoms with Gasteiger partial charge in [0.2, 0.25) is 0 Å². The molecular formula is C21H29NO4S. The van der Waals surface area contributed by atoms with Crippen LogP contribution in [0.25, 0.3) is 0 Å². The van der Waals surface area contributed by atoms with E-state index in [2.05, 4.69) is 19.2 Å². The summed E-state index contributed by atoms with van der Waals surface area (Å²) in [6.07, 6.45) is 2.38. The number of carbonyl (C=O) groups is 3. The third kappa shape index (κ3) is 6.09. The Labute approximate surface area is 165 Å². The summed E-state index contributed by atoms with van der Waals surface area (Å²) in [5.41, 5.74) is 0.378. The number of esters is 1. The lowest BCUT2D eigenvalue weighted by molar-refractivity contribution is -0.130. The second-order valence-electron chi connectivity index (χ2n) is 7.42. The van der Waals surface area contributed by atoms with Crippen LogP contribution in [-0.4, -0.2) is 35.6 Å². The monoisotopic (exact) mass is 391 g/mol. The Bertz CT molecular complexity index is 691. The van der Waals surface area contributed by atoms with Gasteiger partial charge in [-0.25, -0.2) is 4.79 Å². The van der Waals surface area contributed by atoms with Crippen LogP contribution in [0.15, 0.2) is 29.2 Å². The second-order valence-corrected chi connectivity index (χ2v) is 8.43. The molecule has 0 aromatic heterocycles. The summed E-state index contributed by atoms with van der Waals surface area (Å²) < 4.78 is 5.40. The molecule has 6 heteroatoms. The van der Waals surface area contributed by atoms with Gasteiger partial charge in [-0.2, -0.15) is 0 Å². The maximum Gasteiger partial charge on any atom is 0.340 e. The number of thioether (sulfide) groups is 1. The zero-order chi connectivity index (χ0) is 20.0. The zero-order valence-electron chi connectivity index (χ0n) is 16.5. The van der Waals surface area contributed by atoms with E-state index in [1.807, 2.05) is 0 Å². The van der Waals surface area contributed by atoms with E-state index < -0.39 is 12.1 Å². The molecule has 0 radical (unpaired) electrons. The van der Waals surface area contributed by atoms with Crippen LogP contribution in [0.3, 0.4) is 0 Å². The van der Waals surface area contributed by atoms with Gasteiger partial charge in [0.25, 0.3) is 5.91 Å². The molecule has 1 fully saturated rings. The molecule has 4 atom stereocenters. The van der Waals surface area contributed by atoms with Crippen molar-refractivity contribution in [3.63, 3.8) is 0 Å². The van der Waals surface area contributed by atoms with E-state index in [1.165, 1.54) is 25.1 Å². The van der Waals surface area contributed by atoms with Crippen LogP contribution >= 0.6 is 11.8 Å². The molecule has 0 spiro atoms. The number of rotatable bonds is 7. The average molecular weight is 392 g/mol. The topological polar surface area (TPSA) is 72.5 Å². The van der Waals surface area contributed by atoms with E-state index >= 15 is 0 Å². The van der Waals surface area contributed by atoms with Crippen molar-refractivity contribution in [1.82, 2.24) is 5.32 Å². The minimum Gasteiger partial charge on any atom is -0.449 e. The van der Waals surface area contributed by atoms with E-state index in [0.29, 0.717) is 22.3 Å². The number of hydrogen-bond donors (Lipinski definition) is 1. The molecule has 0 heterocycles. The smallest absolute Gasteiger partial charge is 0.340 e. The Morgan fingerprint density at radius 3 is 2.63 bits per heavy atom. The van der Waals surface area contributed by atoms with Gasteiger partial charge in [0.05, 0.1) is 11.3 Å². The number of hydrogen-bond acceptors (Lipinski definition) is 5. The average Bonchev–Trinajstić information content (AvgIpc) is 2.63. The Morgan fingerprint density at radius 2 is 1.93 bits per heavy atom. The molecule has 1 aromatic rings. The van der Waals surface area contributed by atoms with Crippen LogP contribution in [0.4, 0.5) is 0 Å². The molecule has 1 N–H and O–H groups in total. The molecule has 0 saturated heterocycles. The first-order valence-corrected chi connectivity index (χ1v) is 10.5. The van der Waals surface area contributed by atoms with Crippen molar-refractivity contribution in [2.75, 3.05) is 5.75 Å². The van der Waals surface area contributed by atoms with Crippen LogP contribution in [0.1, 0.15) is 57.3 Å². The first kappa shape index (κ1) is 21.5. The lowest BCUT2D eigenvalue weighted by Crippen LogP contribution is -2.47. The maximum absolute atomic E-state index is 12.5. The van der Waals surface area contributed by atoms with Crippen molar-refractivity contribution >= 4 is 29.4 Å². The molecule has 1 saturated carbocycles. The van der Waals surface area contributed by atoms with Crippen LogP contribution in [0.2, 0.25) is 0 Å². The molecule has 0 aliphatic heterocycles. The van der Waals surface area contributed by atoms with Crippen LogP contribution in [0.5, 0.6) is 0 Å². The lowest BCUT2D eigenvalue weighted by Gasteiger charge is -2.35. The third-order valence-corrected chi connectivity index (χ3v) is 6.44. The van der Waals surface area contributed by atoms with Gasteiger partial charge < -0.3 is 10.1 Å². The Balaban J connectivity index is 1.96. The van der Waals surface area contributed by atoms with Gasteiger partial charge in [-0.05, 0) is 44.2 Å². The Kier molecular flexibility index (Phi) is 7.90. The fraction of sp³-hybridized carbons (Fsp3) is 0.571. The van der Waals surface area contributed by atoms with Gasteiger partial charge >= 0.3 is 5.97 Å². The summed E-state index contributed by atoms with van der Waals surface area (Å²) in [6.45, 7) is 7.47. The van der Waals surface area contributed by atoms with Gasteiger partial charge in [-0.15, -0.1) is 11.8 Å². The number of nitrogens with one attached hydrogen (secondary N) is 1. The molecule has 1 aromatic carbocycles. The largest absolute Gasteiger partial charge is 0.449 e. The number of carbonyl (C=O) groups excluding carboxylic acids is 3. The van der Waals surface area contributed by atoms with Crippen molar-refractivity contribution in [1.29, 1.82) is 0 Å². The molecular weight excluding hydrogens is 362 g/mol. The van der Waals surface area contributed by atoms with Gasteiger partial charge in [-0.3, -0.25) is 9.59 Å². The molecule has 2 rings (SSSR count). The first-order valence-electron chi connectivity index (χ1n) is 9.52. The highest BCUT2D eigenvalue weighted by Crippen LogP contribution is 2.29. The molecule has 0 bridgehead atoms. The summed E-state index contributed by atoms with van der Waals surface area (Å²) in [7, 11) is 0. The number of ketones is 1. The molecule has 1 amide bonds. The highest BCUT2D eigenvalue weighted by atomic mass is 32.2. The SMILES string of the molecule is CC(=O)CSc1ccccc1C(=O)O[C@H](C)C(=O)N[C@@H]1CCC[C@H](C)[C@H]1C. The predicted octanol–water partition coefficient (Wildman–Crippen LogP) is 3.85. The van der Waals surface area contributed by atoms with Gasteiger partial charge in [-0.1, -0.05) is 38.8 Å². The number of ether oxygens (including phenoxy) is 1. The summed E-state index contributed by atoms with van der Waals surface area (Å²) in [5, 5.41) is 3.04. The van der Waals surface area contributed by atoms with E-state index in [0.717, 1.165) is 12.8 Å². The van der Waals surface area contributed by atoms with E-state index in [1.54, 1.807) is 31.2 Å². The fourth-order valence-electron chi connectivity index (χ4n) is 3.30. The maximum atomic E-state index is 12.5. The van der Waals surface area contributed by atoms with E-state index in [-0.39, 0.29) is 23.5 Å². The summed E-state index contributed by atoms with van der Waals surface area (Å²) >= 11 is 1.30. The Hall–Kier alpha value is -1.82. The van der Waals surface area contributed by atoms with Crippen molar-refractivity contribution in [3.8, 4) is 0 Å². The minimum absolute atomic E-state index is 0.0340. The predicted molar refractivity (Wildman–Crippen MR) is 107 cm³/mol. The lowest BCUT2D eigenvalue weighted by atomic mass is 9.78. The summed E-state index contributed by atoms with van der Waals surface area (Å²) in [4.78, 5) is 36.9. The number of benzene rings is 1. The van der Waals surface area contributed by atoms with Crippen LogP contribution in [-0.2, 0) is 14.3 Å². The fourth-order valence-corrected chi connectivity index (χ4v) is 4.14. The highest BCUT2D eigenvalue weighted by Gasteiger charge is 2.30. The van der Waals surface area contributed by atoms with Gasteiger partial charge in [0, 0.05) is 10.9 Å².